The van der Waals surface area contributed by atoms with E-state index in [1.54, 1.807) is 31.2 Å². The summed E-state index contributed by atoms with van der Waals surface area (Å²) in [4.78, 5) is 12.9. The summed E-state index contributed by atoms with van der Waals surface area (Å²) in [5.41, 5.74) is 1.26. The van der Waals surface area contributed by atoms with Gasteiger partial charge in [-0.25, -0.2) is 9.36 Å². The lowest BCUT2D eigenvalue weighted by Crippen LogP contribution is -2.25. The van der Waals surface area contributed by atoms with Crippen molar-refractivity contribution in [1.29, 1.82) is 5.26 Å². The Morgan fingerprint density at radius 2 is 1.46 bits per heavy atom. The second-order valence-corrected chi connectivity index (χ2v) is 9.74. The summed E-state index contributed by atoms with van der Waals surface area (Å²) in [5.74, 6) is -0.791. The van der Waals surface area contributed by atoms with Crippen molar-refractivity contribution in [3.05, 3.63) is 77.4 Å². The molecule has 2 aromatic rings. The Hall–Kier alpha value is -2.91. The molecule has 8 heteroatoms. The van der Waals surface area contributed by atoms with E-state index < -0.39 is 13.7 Å². The normalized spacial score (nSPS) is 11.9. The van der Waals surface area contributed by atoms with E-state index >= 15 is 0 Å². The maximum Gasteiger partial charge on any atom is 0.435 e. The number of rotatable bonds is 15. The first-order chi connectivity index (χ1) is 17.0. The maximum atomic E-state index is 14.5. The monoisotopic (exact) mass is 498 g/mol. The fourth-order valence-corrected chi connectivity index (χ4v) is 5.16. The van der Waals surface area contributed by atoms with Gasteiger partial charge in [-0.15, -0.1) is 0 Å². The van der Waals surface area contributed by atoms with E-state index in [0.29, 0.717) is 18.4 Å². The van der Waals surface area contributed by atoms with Gasteiger partial charge in [-0.1, -0.05) is 87.4 Å². The highest BCUT2D eigenvalue weighted by Gasteiger charge is 2.39. The number of benzene rings is 2. The summed E-state index contributed by atoms with van der Waals surface area (Å²) < 4.78 is 33.0. The minimum atomic E-state index is -3.99. The predicted molar refractivity (Wildman–Crippen MR) is 137 cm³/mol. The Balaban J connectivity index is 2.76. The highest BCUT2D eigenvalue weighted by Crippen LogP contribution is 2.57. The summed E-state index contributed by atoms with van der Waals surface area (Å²) in [7, 11) is -3.99. The van der Waals surface area contributed by atoms with Gasteiger partial charge in [0.05, 0.1) is 32.1 Å². The molecule has 0 aliphatic rings. The zero-order valence-electron chi connectivity index (χ0n) is 20.8. The van der Waals surface area contributed by atoms with Crippen LogP contribution in [0.1, 0.15) is 57.6 Å². The molecule has 0 spiro atoms. The van der Waals surface area contributed by atoms with Crippen molar-refractivity contribution in [1.82, 2.24) is 4.67 Å². The summed E-state index contributed by atoms with van der Waals surface area (Å²) in [5, 5.41) is 10.1. The summed E-state index contributed by atoms with van der Waals surface area (Å²) in [6.45, 7) is 6.33. The topological polar surface area (TPSA) is 88.9 Å². The Morgan fingerprint density at radius 1 is 0.914 bits per heavy atom. The van der Waals surface area contributed by atoms with Gasteiger partial charge in [-0.05, 0) is 30.9 Å². The van der Waals surface area contributed by atoms with E-state index in [-0.39, 0.29) is 37.6 Å². The lowest BCUT2D eigenvalue weighted by molar-refractivity contribution is -0.138. The smallest absolute Gasteiger partial charge is 0.435 e. The van der Waals surface area contributed by atoms with Gasteiger partial charge in [0.15, 0.2) is 5.57 Å². The van der Waals surface area contributed by atoms with E-state index in [1.165, 1.54) is 4.67 Å². The first-order valence-electron chi connectivity index (χ1n) is 12.1. The van der Waals surface area contributed by atoms with E-state index in [9.17, 15) is 14.6 Å². The third kappa shape index (κ3) is 8.36. The standard InChI is InChI=1S/C27H35N2O5P/c1-4-7-19-33-35(31,34-20-8-5-2)29(22-23-15-11-9-12-16-23)26(24-17-13-10-14-18-24)25(21-28)27(30)32-6-3/h9-18H,4-8,19-20,22H2,1-3H3. The van der Waals surface area contributed by atoms with Crippen molar-refractivity contribution < 1.29 is 23.1 Å². The average Bonchev–Trinajstić information content (AvgIpc) is 2.87. The molecule has 0 bridgehead atoms. The lowest BCUT2D eigenvalue weighted by atomic mass is 10.1. The van der Waals surface area contributed by atoms with E-state index in [0.717, 1.165) is 18.4 Å². The molecule has 0 amide bonds. The molecule has 0 saturated heterocycles. The number of hydrogen-bond donors (Lipinski definition) is 0. The van der Waals surface area contributed by atoms with Crippen LogP contribution in [0.4, 0.5) is 0 Å². The molecular weight excluding hydrogens is 463 g/mol. The van der Waals surface area contributed by atoms with Gasteiger partial charge < -0.3 is 4.74 Å². The van der Waals surface area contributed by atoms with Crippen LogP contribution >= 0.6 is 7.75 Å². The maximum absolute atomic E-state index is 14.5. The lowest BCUT2D eigenvalue weighted by Gasteiger charge is -2.34. The molecular formula is C27H35N2O5P. The van der Waals surface area contributed by atoms with Crippen molar-refractivity contribution in [2.24, 2.45) is 0 Å². The van der Waals surface area contributed by atoms with Gasteiger partial charge in [0.2, 0.25) is 0 Å². The summed E-state index contributed by atoms with van der Waals surface area (Å²) in [6.07, 6.45) is 3.07. The Kier molecular flexibility index (Phi) is 12.3. The molecule has 0 fully saturated rings. The van der Waals surface area contributed by atoms with Crippen molar-refractivity contribution in [3.63, 3.8) is 0 Å². The van der Waals surface area contributed by atoms with Crippen LogP contribution in [-0.2, 0) is 29.7 Å². The molecule has 2 rings (SSSR count). The molecule has 0 radical (unpaired) electrons. The van der Waals surface area contributed by atoms with Gasteiger partial charge >= 0.3 is 13.7 Å². The van der Waals surface area contributed by atoms with Crippen LogP contribution in [0, 0.1) is 11.3 Å². The molecule has 0 unspecified atom stereocenters. The molecule has 0 aliphatic heterocycles. The minimum Gasteiger partial charge on any atom is -0.462 e. The fraction of sp³-hybridized carbons (Fsp3) is 0.407. The van der Waals surface area contributed by atoms with Crippen LogP contribution in [0.25, 0.3) is 5.70 Å². The Labute approximate surface area is 208 Å². The molecule has 0 heterocycles. The van der Waals surface area contributed by atoms with Crippen molar-refractivity contribution in [2.45, 2.75) is 53.0 Å². The van der Waals surface area contributed by atoms with Crippen molar-refractivity contribution in [3.8, 4) is 6.07 Å². The first kappa shape index (κ1) is 28.3. The number of nitrogens with zero attached hydrogens (tertiary/aromatic N) is 2. The Morgan fingerprint density at radius 3 is 1.94 bits per heavy atom. The van der Waals surface area contributed by atoms with Gasteiger partial charge in [-0.2, -0.15) is 5.26 Å². The van der Waals surface area contributed by atoms with E-state index in [4.69, 9.17) is 13.8 Å². The second kappa shape index (κ2) is 15.2. The third-order valence-corrected chi connectivity index (χ3v) is 7.06. The third-order valence-electron chi connectivity index (χ3n) is 5.11. The summed E-state index contributed by atoms with van der Waals surface area (Å²) in [6, 6.07) is 20.3. The quantitative estimate of drug-likeness (QED) is 0.0884. The minimum absolute atomic E-state index is 0.0996. The van der Waals surface area contributed by atoms with Crippen LogP contribution in [0.5, 0.6) is 0 Å². The van der Waals surface area contributed by atoms with Crippen molar-refractivity contribution >= 4 is 19.4 Å². The highest BCUT2D eigenvalue weighted by molar-refractivity contribution is 7.51. The molecule has 7 nitrogen and oxygen atoms in total. The zero-order valence-corrected chi connectivity index (χ0v) is 21.7. The van der Waals surface area contributed by atoms with Gasteiger partial charge in [-0.3, -0.25) is 13.7 Å². The van der Waals surface area contributed by atoms with Crippen LogP contribution in [0.15, 0.2) is 66.2 Å². The first-order valence-corrected chi connectivity index (χ1v) is 13.6. The molecule has 2 aromatic carbocycles. The van der Waals surface area contributed by atoms with Crippen molar-refractivity contribution in [2.75, 3.05) is 19.8 Å². The predicted octanol–water partition coefficient (Wildman–Crippen LogP) is 6.73. The fourth-order valence-electron chi connectivity index (χ4n) is 3.29. The van der Waals surface area contributed by atoms with Crippen LogP contribution < -0.4 is 0 Å². The molecule has 0 N–H and O–H groups in total. The number of carbonyl (C=O) groups excluding carboxylic acids is 1. The SMILES string of the molecule is CCCCOP(=O)(OCCCC)N(Cc1ccccc1)C(=C(C#N)C(=O)OCC)c1ccccc1. The number of esters is 1. The number of unbranched alkanes of at least 4 members (excludes halogenated alkanes) is 2. The second-order valence-electron chi connectivity index (χ2n) is 7.81. The largest absolute Gasteiger partial charge is 0.462 e. The van der Waals surface area contributed by atoms with Crippen LogP contribution in [-0.4, -0.2) is 30.5 Å². The molecule has 0 aromatic heterocycles. The molecule has 188 valence electrons. The number of hydrogen-bond acceptors (Lipinski definition) is 6. The molecule has 35 heavy (non-hydrogen) atoms. The number of nitriles is 1. The van der Waals surface area contributed by atoms with Gasteiger partial charge in [0.1, 0.15) is 6.07 Å². The molecule has 0 saturated carbocycles. The van der Waals surface area contributed by atoms with E-state index in [1.807, 2.05) is 56.3 Å². The average molecular weight is 499 g/mol. The molecule has 0 atom stereocenters. The number of ether oxygens (including phenoxy) is 1. The number of carbonyl (C=O) groups is 1. The Bertz CT molecular complexity index is 1020. The van der Waals surface area contributed by atoms with Gasteiger partial charge in [0, 0.05) is 0 Å². The zero-order chi connectivity index (χ0) is 25.5. The van der Waals surface area contributed by atoms with E-state index in [2.05, 4.69) is 0 Å². The highest BCUT2D eigenvalue weighted by atomic mass is 31.2. The van der Waals surface area contributed by atoms with Crippen LogP contribution in [0.3, 0.4) is 0 Å². The molecule has 0 aliphatic carbocycles. The van der Waals surface area contributed by atoms with Crippen LogP contribution in [0.2, 0.25) is 0 Å². The van der Waals surface area contributed by atoms with Gasteiger partial charge in [0.25, 0.3) is 0 Å². The summed E-state index contributed by atoms with van der Waals surface area (Å²) >= 11 is 0.